The van der Waals surface area contributed by atoms with Crippen molar-refractivity contribution in [2.45, 2.75) is 18.9 Å². The third-order valence-electron chi connectivity index (χ3n) is 3.89. The normalized spacial score (nSPS) is 15.4. The van der Waals surface area contributed by atoms with Gasteiger partial charge >= 0.3 is 0 Å². The first-order valence-electron chi connectivity index (χ1n) is 7.38. The second-order valence-electron chi connectivity index (χ2n) is 5.39. The van der Waals surface area contributed by atoms with Gasteiger partial charge in [0, 0.05) is 36.3 Å². The zero-order valence-electron chi connectivity index (χ0n) is 12.4. The summed E-state index contributed by atoms with van der Waals surface area (Å²) in [4.78, 5) is 30.2. The quantitative estimate of drug-likeness (QED) is 0.867. The molecule has 1 aliphatic rings. The molecule has 23 heavy (non-hydrogen) atoms. The van der Waals surface area contributed by atoms with Crippen molar-refractivity contribution < 1.29 is 9.59 Å². The Morgan fingerprint density at radius 3 is 2.74 bits per heavy atom. The molecule has 0 spiro atoms. The van der Waals surface area contributed by atoms with E-state index in [0.717, 1.165) is 12.8 Å². The number of aromatic nitrogens is 1. The molecule has 2 aromatic heterocycles. The summed E-state index contributed by atoms with van der Waals surface area (Å²) in [5, 5.41) is 6.96. The Bertz CT molecular complexity index is 697. The minimum absolute atomic E-state index is 0.0497. The highest BCUT2D eigenvalue weighted by molar-refractivity contribution is 7.08. The molecule has 0 unspecified atom stereocenters. The molecule has 0 aliphatic carbocycles. The lowest BCUT2D eigenvalue weighted by atomic mass is 10.0. The van der Waals surface area contributed by atoms with Gasteiger partial charge in [0.05, 0.1) is 5.56 Å². The molecule has 3 rings (SSSR count). The van der Waals surface area contributed by atoms with Crippen LogP contribution in [-0.4, -0.2) is 40.8 Å². The molecule has 1 N–H and O–H groups in total. The number of carbonyl (C=O) groups excluding carboxylic acids is 2. The largest absolute Gasteiger partial charge is 0.349 e. The number of nitrogens with one attached hydrogen (secondary N) is 1. The maximum Gasteiger partial charge on any atom is 0.256 e. The van der Waals surface area contributed by atoms with Gasteiger partial charge < -0.3 is 10.2 Å². The van der Waals surface area contributed by atoms with Crippen LogP contribution < -0.4 is 5.32 Å². The summed E-state index contributed by atoms with van der Waals surface area (Å²) in [6.45, 7) is 1.19. The second-order valence-corrected chi connectivity index (χ2v) is 6.53. The predicted molar refractivity (Wildman–Crippen MR) is 90.0 cm³/mol. The zero-order valence-corrected chi connectivity index (χ0v) is 13.9. The first-order valence-corrected chi connectivity index (χ1v) is 8.70. The molecule has 2 amide bonds. The van der Waals surface area contributed by atoms with Crippen LogP contribution in [-0.2, 0) is 0 Å². The van der Waals surface area contributed by atoms with Gasteiger partial charge in [0.15, 0.2) is 0 Å². The van der Waals surface area contributed by atoms with Gasteiger partial charge in [-0.2, -0.15) is 11.3 Å². The first kappa shape index (κ1) is 16.0. The average molecular weight is 350 g/mol. The van der Waals surface area contributed by atoms with E-state index in [0.29, 0.717) is 24.2 Å². The van der Waals surface area contributed by atoms with Gasteiger partial charge in [-0.1, -0.05) is 11.6 Å². The van der Waals surface area contributed by atoms with E-state index in [1.165, 1.54) is 11.3 Å². The lowest BCUT2D eigenvalue weighted by molar-refractivity contribution is 0.0698. The van der Waals surface area contributed by atoms with Crippen molar-refractivity contribution in [3.63, 3.8) is 0 Å². The number of hydrogen-bond donors (Lipinski definition) is 1. The van der Waals surface area contributed by atoms with E-state index in [2.05, 4.69) is 10.3 Å². The highest BCUT2D eigenvalue weighted by Crippen LogP contribution is 2.18. The lowest BCUT2D eigenvalue weighted by Gasteiger charge is -2.32. The van der Waals surface area contributed by atoms with Crippen molar-refractivity contribution in [2.24, 2.45) is 0 Å². The summed E-state index contributed by atoms with van der Waals surface area (Å²) >= 11 is 7.48. The van der Waals surface area contributed by atoms with E-state index in [1.54, 1.807) is 23.2 Å². The molecule has 0 aromatic carbocycles. The van der Waals surface area contributed by atoms with Crippen molar-refractivity contribution in [2.75, 3.05) is 13.1 Å². The first-order chi connectivity index (χ1) is 11.1. The third-order valence-corrected chi connectivity index (χ3v) is 4.87. The number of thiophene rings is 1. The lowest BCUT2D eigenvalue weighted by Crippen LogP contribution is -2.46. The number of hydrogen-bond acceptors (Lipinski definition) is 4. The third kappa shape index (κ3) is 3.71. The molecule has 1 saturated heterocycles. The van der Waals surface area contributed by atoms with Crippen LogP contribution in [0.1, 0.15) is 33.6 Å². The van der Waals surface area contributed by atoms with Crippen LogP contribution in [0.3, 0.4) is 0 Å². The molecule has 0 radical (unpaired) electrons. The van der Waals surface area contributed by atoms with Gasteiger partial charge in [0.25, 0.3) is 11.8 Å². The van der Waals surface area contributed by atoms with Crippen LogP contribution in [0.4, 0.5) is 0 Å². The van der Waals surface area contributed by atoms with Crippen molar-refractivity contribution in [3.8, 4) is 0 Å². The molecule has 1 fully saturated rings. The van der Waals surface area contributed by atoms with Crippen molar-refractivity contribution in [3.05, 3.63) is 51.4 Å². The Morgan fingerprint density at radius 1 is 1.30 bits per heavy atom. The fourth-order valence-electron chi connectivity index (χ4n) is 2.61. The number of likely N-dealkylation sites (tertiary alicyclic amines) is 1. The average Bonchev–Trinajstić information content (AvgIpc) is 3.10. The van der Waals surface area contributed by atoms with Gasteiger partial charge in [-0.05, 0) is 36.4 Å². The smallest absolute Gasteiger partial charge is 0.256 e. The zero-order chi connectivity index (χ0) is 16.2. The van der Waals surface area contributed by atoms with Gasteiger partial charge in [-0.15, -0.1) is 0 Å². The van der Waals surface area contributed by atoms with Crippen LogP contribution in [0, 0.1) is 0 Å². The summed E-state index contributed by atoms with van der Waals surface area (Å²) in [5.74, 6) is -0.156. The fraction of sp³-hybridized carbons (Fsp3) is 0.312. The Hall–Kier alpha value is -1.92. The molecule has 7 heteroatoms. The summed E-state index contributed by atoms with van der Waals surface area (Å²) < 4.78 is 0. The summed E-state index contributed by atoms with van der Waals surface area (Å²) in [7, 11) is 0. The Balaban J connectivity index is 1.55. The highest BCUT2D eigenvalue weighted by atomic mass is 35.5. The van der Waals surface area contributed by atoms with E-state index in [4.69, 9.17) is 11.6 Å². The van der Waals surface area contributed by atoms with Crippen LogP contribution in [0.2, 0.25) is 5.15 Å². The molecule has 0 bridgehead atoms. The van der Waals surface area contributed by atoms with E-state index in [9.17, 15) is 9.59 Å². The maximum atomic E-state index is 12.5. The number of piperidine rings is 1. The SMILES string of the molecule is O=C(NC1CCN(C(=O)c2cccnc2Cl)CC1)c1ccsc1. The minimum Gasteiger partial charge on any atom is -0.349 e. The summed E-state index contributed by atoms with van der Waals surface area (Å²) in [6.07, 6.45) is 3.03. The Morgan fingerprint density at radius 2 is 2.09 bits per heavy atom. The monoisotopic (exact) mass is 349 g/mol. The molecule has 120 valence electrons. The van der Waals surface area contributed by atoms with Gasteiger partial charge in [0.2, 0.25) is 0 Å². The number of rotatable bonds is 3. The summed E-state index contributed by atoms with van der Waals surface area (Å²) in [5.41, 5.74) is 1.12. The van der Waals surface area contributed by atoms with Crippen LogP contribution >= 0.6 is 22.9 Å². The van der Waals surface area contributed by atoms with Gasteiger partial charge in [-0.3, -0.25) is 9.59 Å². The molecular formula is C16H16ClN3O2S. The topological polar surface area (TPSA) is 62.3 Å². The van der Waals surface area contributed by atoms with Crippen LogP contribution in [0.5, 0.6) is 0 Å². The number of nitrogens with zero attached hydrogens (tertiary/aromatic N) is 2. The van der Waals surface area contributed by atoms with Crippen LogP contribution in [0.15, 0.2) is 35.2 Å². The van der Waals surface area contributed by atoms with E-state index >= 15 is 0 Å². The molecule has 1 aliphatic heterocycles. The molecular weight excluding hydrogens is 334 g/mol. The number of amides is 2. The Labute approximate surface area is 143 Å². The van der Waals surface area contributed by atoms with Crippen molar-refractivity contribution in [1.29, 1.82) is 0 Å². The van der Waals surface area contributed by atoms with Crippen molar-refractivity contribution in [1.82, 2.24) is 15.2 Å². The summed E-state index contributed by atoms with van der Waals surface area (Å²) in [6, 6.07) is 5.29. The highest BCUT2D eigenvalue weighted by Gasteiger charge is 2.26. The fourth-order valence-corrected chi connectivity index (χ4v) is 3.44. The molecule has 0 saturated carbocycles. The van der Waals surface area contributed by atoms with Gasteiger partial charge in [-0.25, -0.2) is 4.98 Å². The molecule has 5 nitrogen and oxygen atoms in total. The van der Waals surface area contributed by atoms with E-state index in [1.807, 2.05) is 16.8 Å². The van der Waals surface area contributed by atoms with Gasteiger partial charge in [0.1, 0.15) is 5.15 Å². The molecule has 3 heterocycles. The minimum atomic E-state index is -0.106. The maximum absolute atomic E-state index is 12.5. The van der Waals surface area contributed by atoms with E-state index < -0.39 is 0 Å². The second kappa shape index (κ2) is 7.10. The van der Waals surface area contributed by atoms with Crippen LogP contribution in [0.25, 0.3) is 0 Å². The standard InChI is InChI=1S/C16H16ClN3O2S/c17-14-13(2-1-6-18-14)16(22)20-7-3-12(4-8-20)19-15(21)11-5-9-23-10-11/h1-2,5-6,9-10,12H,3-4,7-8H2,(H,19,21). The number of halogens is 1. The molecule has 0 atom stereocenters. The predicted octanol–water partition coefficient (Wildman–Crippen LogP) is 2.83. The number of carbonyl (C=O) groups is 2. The Kier molecular flexibility index (Phi) is 4.93. The van der Waals surface area contributed by atoms with E-state index in [-0.39, 0.29) is 23.0 Å². The molecule has 2 aromatic rings. The van der Waals surface area contributed by atoms with Crippen molar-refractivity contribution >= 4 is 34.8 Å². The number of pyridine rings is 1.